The van der Waals surface area contributed by atoms with E-state index in [1.807, 2.05) is 0 Å². The number of anilines is 2. The van der Waals surface area contributed by atoms with Crippen molar-refractivity contribution in [2.45, 2.75) is 6.04 Å². The fourth-order valence-electron chi connectivity index (χ4n) is 3.34. The quantitative estimate of drug-likeness (QED) is 0.295. The number of fused-ring (bicyclic) bond motifs is 2. The minimum atomic E-state index is -0.893. The Morgan fingerprint density at radius 3 is 2.85 bits per heavy atom. The van der Waals surface area contributed by atoms with Crippen LogP contribution in [-0.4, -0.2) is 46.3 Å². The van der Waals surface area contributed by atoms with Gasteiger partial charge < -0.3 is 15.4 Å². The molecule has 4 heterocycles. The molecule has 0 fully saturated rings. The summed E-state index contributed by atoms with van der Waals surface area (Å²) in [4.78, 5) is 37.2. The molecule has 0 radical (unpaired) electrons. The van der Waals surface area contributed by atoms with E-state index in [4.69, 9.17) is 11.6 Å². The van der Waals surface area contributed by atoms with Crippen molar-refractivity contribution in [3.05, 3.63) is 76.2 Å². The minimum Gasteiger partial charge on any atom is -0.394 e. The van der Waals surface area contributed by atoms with Crippen molar-refractivity contribution in [3.8, 4) is 0 Å². The molecule has 4 aromatic heterocycles. The summed E-state index contributed by atoms with van der Waals surface area (Å²) in [7, 11) is 0. The second kappa shape index (κ2) is 8.41. The lowest BCUT2D eigenvalue weighted by atomic mass is 10.2. The van der Waals surface area contributed by atoms with Crippen LogP contribution in [0.5, 0.6) is 0 Å². The molecule has 5 aromatic rings. The highest BCUT2D eigenvalue weighted by Crippen LogP contribution is 2.24. The van der Waals surface area contributed by atoms with E-state index in [1.54, 1.807) is 18.2 Å². The number of rotatable bonds is 6. The number of imidazole rings is 1. The third kappa shape index (κ3) is 3.81. The Bertz CT molecular complexity index is 1520. The summed E-state index contributed by atoms with van der Waals surface area (Å²) in [5.74, 6) is 0.121. The van der Waals surface area contributed by atoms with Crippen molar-refractivity contribution in [1.82, 2.24) is 34.6 Å². The maximum Gasteiger partial charge on any atom is 0.281 e. The summed E-state index contributed by atoms with van der Waals surface area (Å²) in [6.07, 6.45) is 3.79. The molecule has 0 bridgehead atoms. The van der Waals surface area contributed by atoms with Crippen molar-refractivity contribution >= 4 is 45.3 Å². The number of hydrogen-bond acceptors (Lipinski definition) is 9. The van der Waals surface area contributed by atoms with E-state index >= 15 is 0 Å². The van der Waals surface area contributed by atoms with Gasteiger partial charge in [-0.05, 0) is 24.3 Å². The summed E-state index contributed by atoms with van der Waals surface area (Å²) in [5.41, 5.74) is 3.57. The van der Waals surface area contributed by atoms with Gasteiger partial charge in [0.25, 0.3) is 5.56 Å². The molecule has 1 unspecified atom stereocenters. The molecule has 0 aliphatic carbocycles. The third-order valence-electron chi connectivity index (χ3n) is 4.85. The molecule has 0 spiro atoms. The number of aliphatic hydroxyl groups excluding tert-OH is 1. The number of H-pyrrole nitrogens is 1. The van der Waals surface area contributed by atoms with E-state index in [0.29, 0.717) is 22.5 Å². The number of nitrogens with one attached hydrogen (secondary N) is 3. The van der Waals surface area contributed by atoms with Crippen molar-refractivity contribution in [2.75, 3.05) is 17.3 Å². The predicted octanol–water partition coefficient (Wildman–Crippen LogP) is 2.27. The first-order chi connectivity index (χ1) is 16.0. The molecule has 33 heavy (non-hydrogen) atoms. The number of aromatic amines is 1. The van der Waals surface area contributed by atoms with Gasteiger partial charge in [-0.3, -0.25) is 10.2 Å². The molecule has 0 aliphatic heterocycles. The van der Waals surface area contributed by atoms with E-state index in [-0.39, 0.29) is 22.1 Å². The Morgan fingerprint density at radius 1 is 1.18 bits per heavy atom. The molecule has 13 heteroatoms. The first-order valence-electron chi connectivity index (χ1n) is 9.66. The van der Waals surface area contributed by atoms with Crippen LogP contribution in [0.2, 0.25) is 5.02 Å². The van der Waals surface area contributed by atoms with E-state index in [0.717, 1.165) is 10.9 Å². The predicted molar refractivity (Wildman–Crippen MR) is 119 cm³/mol. The van der Waals surface area contributed by atoms with Crippen LogP contribution in [0.4, 0.5) is 16.0 Å². The Labute approximate surface area is 189 Å². The lowest BCUT2D eigenvalue weighted by Gasteiger charge is -2.22. The monoisotopic (exact) mass is 467 g/mol. The topological polar surface area (TPSA) is 147 Å². The molecule has 0 saturated carbocycles. The molecule has 0 amide bonds. The van der Waals surface area contributed by atoms with Crippen LogP contribution >= 0.6 is 11.6 Å². The second-order valence-electron chi connectivity index (χ2n) is 6.92. The summed E-state index contributed by atoms with van der Waals surface area (Å²) >= 11 is 6.27. The van der Waals surface area contributed by atoms with Crippen molar-refractivity contribution in [1.29, 1.82) is 0 Å². The van der Waals surface area contributed by atoms with Gasteiger partial charge in [0.15, 0.2) is 17.3 Å². The smallest absolute Gasteiger partial charge is 0.281 e. The summed E-state index contributed by atoms with van der Waals surface area (Å²) in [5, 5.41) is 13.7. The highest BCUT2D eigenvalue weighted by atomic mass is 35.5. The van der Waals surface area contributed by atoms with Gasteiger partial charge >= 0.3 is 0 Å². The molecule has 1 atom stereocenters. The standard InChI is InChI=1S/C20H15ClFN9O2/c21-11-2-1-3-12-15(11)20(33)31(30-14-5-4-10(22)6-23-14)19(29-12)13(7-32)28-18-16-17(25-8-24-16)26-9-27-18/h1-6,8-9,13,32H,7H2,(H,23,30)(H2,24,25,26,27,28). The first kappa shape index (κ1) is 20.7. The van der Waals surface area contributed by atoms with Crippen LogP contribution in [-0.2, 0) is 0 Å². The van der Waals surface area contributed by atoms with E-state index < -0.39 is 24.0 Å². The average molecular weight is 468 g/mol. The van der Waals surface area contributed by atoms with Crippen molar-refractivity contribution < 1.29 is 9.50 Å². The number of benzene rings is 1. The van der Waals surface area contributed by atoms with Crippen LogP contribution in [0.3, 0.4) is 0 Å². The first-order valence-corrected chi connectivity index (χ1v) is 10.0. The number of aliphatic hydroxyl groups is 1. The Balaban J connectivity index is 1.66. The van der Waals surface area contributed by atoms with Crippen LogP contribution in [0.25, 0.3) is 22.1 Å². The van der Waals surface area contributed by atoms with Crippen LogP contribution < -0.4 is 16.3 Å². The average Bonchev–Trinajstić information content (AvgIpc) is 3.30. The fourth-order valence-corrected chi connectivity index (χ4v) is 3.59. The Kier molecular flexibility index (Phi) is 5.28. The van der Waals surface area contributed by atoms with E-state index in [2.05, 4.69) is 40.6 Å². The van der Waals surface area contributed by atoms with Gasteiger partial charge in [0.05, 0.1) is 35.1 Å². The second-order valence-corrected chi connectivity index (χ2v) is 7.33. The van der Waals surface area contributed by atoms with Gasteiger partial charge in [0, 0.05) is 0 Å². The van der Waals surface area contributed by atoms with Crippen LogP contribution in [0.15, 0.2) is 54.0 Å². The minimum absolute atomic E-state index is 0.120. The molecule has 0 aliphatic rings. The summed E-state index contributed by atoms with van der Waals surface area (Å²) in [6.45, 7) is -0.448. The number of aromatic nitrogens is 7. The Morgan fingerprint density at radius 2 is 2.06 bits per heavy atom. The van der Waals surface area contributed by atoms with Gasteiger partial charge in [-0.1, -0.05) is 17.7 Å². The van der Waals surface area contributed by atoms with Crippen molar-refractivity contribution in [2.24, 2.45) is 0 Å². The van der Waals surface area contributed by atoms with Crippen molar-refractivity contribution in [3.63, 3.8) is 0 Å². The van der Waals surface area contributed by atoms with Crippen LogP contribution in [0, 0.1) is 5.82 Å². The molecule has 166 valence electrons. The Hall–Kier alpha value is -4.16. The van der Waals surface area contributed by atoms with Gasteiger partial charge in [-0.2, -0.15) is 0 Å². The number of halogens is 2. The molecule has 4 N–H and O–H groups in total. The number of nitrogens with zero attached hydrogens (tertiary/aromatic N) is 6. The zero-order chi connectivity index (χ0) is 22.9. The normalized spacial score (nSPS) is 12.2. The van der Waals surface area contributed by atoms with E-state index in [1.165, 1.54) is 24.8 Å². The van der Waals surface area contributed by atoms with E-state index in [9.17, 15) is 14.3 Å². The summed E-state index contributed by atoms with van der Waals surface area (Å²) in [6, 6.07) is 6.54. The maximum atomic E-state index is 13.4. The molecule has 11 nitrogen and oxygen atoms in total. The molecular formula is C20H15ClFN9O2. The van der Waals surface area contributed by atoms with Crippen LogP contribution in [0.1, 0.15) is 11.9 Å². The zero-order valence-corrected chi connectivity index (χ0v) is 17.5. The molecule has 0 saturated heterocycles. The van der Waals surface area contributed by atoms with Gasteiger partial charge in [-0.15, -0.1) is 0 Å². The molecule has 5 rings (SSSR count). The van der Waals surface area contributed by atoms with Gasteiger partial charge in [0.1, 0.15) is 29.5 Å². The third-order valence-corrected chi connectivity index (χ3v) is 5.17. The number of hydrogen-bond donors (Lipinski definition) is 4. The fraction of sp³-hybridized carbons (Fsp3) is 0.100. The van der Waals surface area contributed by atoms with Gasteiger partial charge in [-0.25, -0.2) is 34.0 Å². The lowest BCUT2D eigenvalue weighted by Crippen LogP contribution is -2.35. The highest BCUT2D eigenvalue weighted by Gasteiger charge is 2.23. The highest BCUT2D eigenvalue weighted by molar-refractivity contribution is 6.35. The molecule has 1 aromatic carbocycles. The zero-order valence-electron chi connectivity index (χ0n) is 16.7. The largest absolute Gasteiger partial charge is 0.394 e. The SMILES string of the molecule is O=c1c2c(Cl)cccc2nc(C(CO)Nc2ncnc3nc[nH]c23)n1Nc1ccc(F)cn1. The lowest BCUT2D eigenvalue weighted by molar-refractivity contribution is 0.270. The van der Waals surface area contributed by atoms with Gasteiger partial charge in [0.2, 0.25) is 0 Å². The summed E-state index contributed by atoms with van der Waals surface area (Å²) < 4.78 is 14.4. The number of pyridine rings is 1. The molecular weight excluding hydrogens is 453 g/mol. The maximum absolute atomic E-state index is 13.4.